The Hall–Kier alpha value is -2.67. The van der Waals surface area contributed by atoms with E-state index in [4.69, 9.17) is 4.98 Å². The molecule has 0 N–H and O–H groups in total. The zero-order valence-corrected chi connectivity index (χ0v) is 18.7. The molecule has 0 fully saturated rings. The summed E-state index contributed by atoms with van der Waals surface area (Å²) in [6.07, 6.45) is 1.95. The Morgan fingerprint density at radius 3 is 2.28 bits per heavy atom. The van der Waals surface area contributed by atoms with Gasteiger partial charge in [0.1, 0.15) is 0 Å². The van der Waals surface area contributed by atoms with E-state index in [1.807, 2.05) is 6.20 Å². The molecule has 0 bridgehead atoms. The molecule has 2 aromatic heterocycles. The van der Waals surface area contributed by atoms with Crippen molar-refractivity contribution < 1.29 is 0 Å². The summed E-state index contributed by atoms with van der Waals surface area (Å²) in [5, 5.41) is 3.97. The molecule has 1 nitrogen and oxygen atoms in total. The first kappa shape index (κ1) is 18.4. The zero-order chi connectivity index (χ0) is 20.0. The summed E-state index contributed by atoms with van der Waals surface area (Å²) in [5.41, 5.74) is 4.98. The molecule has 0 saturated carbocycles. The summed E-state index contributed by atoms with van der Waals surface area (Å²) in [6, 6.07) is 28.8. The van der Waals surface area contributed by atoms with Gasteiger partial charge in [0.15, 0.2) is 0 Å². The molecule has 0 spiro atoms. The minimum atomic E-state index is 0.0754. The van der Waals surface area contributed by atoms with Gasteiger partial charge in [-0.2, -0.15) is 0 Å². The Balaban J connectivity index is 1.67. The monoisotopic (exact) mass is 441 g/mol. The van der Waals surface area contributed by atoms with Gasteiger partial charge in [-0.15, -0.1) is 0 Å². The standard InChI is InChI=1S/C27H23NSe/c1-27(2,3)23-15-21(14-18-8-4-6-10-22(18)23)24-16-20(12-13-28-24)26-17-19-9-5-7-11-25(19)29-26/h4-17H,1-3H3. The predicted molar refractivity (Wildman–Crippen MR) is 126 cm³/mol. The van der Waals surface area contributed by atoms with Crippen LogP contribution in [0.5, 0.6) is 0 Å². The Kier molecular flexibility index (Phi) is 4.42. The third-order valence-electron chi connectivity index (χ3n) is 5.44. The average Bonchev–Trinajstić information content (AvgIpc) is 3.17. The van der Waals surface area contributed by atoms with Crippen molar-refractivity contribution in [2.45, 2.75) is 26.2 Å². The second kappa shape index (κ2) is 6.99. The van der Waals surface area contributed by atoms with E-state index < -0.39 is 0 Å². The molecule has 0 saturated heterocycles. The molecule has 29 heavy (non-hydrogen) atoms. The fourth-order valence-corrected chi connectivity index (χ4v) is 6.17. The van der Waals surface area contributed by atoms with Crippen molar-refractivity contribution in [1.29, 1.82) is 0 Å². The van der Waals surface area contributed by atoms with Crippen LogP contribution in [0.15, 0.2) is 85.1 Å². The van der Waals surface area contributed by atoms with Crippen LogP contribution in [-0.4, -0.2) is 19.5 Å². The van der Waals surface area contributed by atoms with Crippen LogP contribution in [0.1, 0.15) is 26.3 Å². The molecule has 0 radical (unpaired) electrons. The van der Waals surface area contributed by atoms with Crippen molar-refractivity contribution in [3.63, 3.8) is 0 Å². The van der Waals surface area contributed by atoms with E-state index in [1.165, 1.54) is 41.5 Å². The van der Waals surface area contributed by atoms with E-state index in [2.05, 4.69) is 99.6 Å². The van der Waals surface area contributed by atoms with E-state index in [9.17, 15) is 0 Å². The van der Waals surface area contributed by atoms with Gasteiger partial charge < -0.3 is 0 Å². The normalized spacial score (nSPS) is 12.0. The third-order valence-corrected chi connectivity index (χ3v) is 7.88. The van der Waals surface area contributed by atoms with Crippen molar-refractivity contribution in [3.05, 3.63) is 90.6 Å². The van der Waals surface area contributed by atoms with Crippen molar-refractivity contribution >= 4 is 34.9 Å². The second-order valence-electron chi connectivity index (χ2n) is 8.57. The predicted octanol–water partition coefficient (Wildman–Crippen LogP) is 7.08. The summed E-state index contributed by atoms with van der Waals surface area (Å²) in [5.74, 6) is 0. The topological polar surface area (TPSA) is 12.9 Å². The number of hydrogen-bond donors (Lipinski definition) is 0. The molecule has 5 aromatic rings. The molecule has 0 unspecified atom stereocenters. The van der Waals surface area contributed by atoms with Gasteiger partial charge in [0, 0.05) is 0 Å². The maximum atomic E-state index is 4.74. The first-order valence-corrected chi connectivity index (χ1v) is 11.7. The van der Waals surface area contributed by atoms with Crippen molar-refractivity contribution in [2.24, 2.45) is 0 Å². The molecular formula is C27H23NSe. The molecule has 5 rings (SSSR count). The number of fused-ring (bicyclic) bond motifs is 2. The minimum absolute atomic E-state index is 0.0754. The molecule has 2 heteroatoms. The van der Waals surface area contributed by atoms with Crippen LogP contribution < -0.4 is 0 Å². The SMILES string of the molecule is CC(C)(C)c1cc(-c2cc(-c3cc4ccccc4[se]3)ccn2)cc2ccccc12. The molecular weight excluding hydrogens is 417 g/mol. The van der Waals surface area contributed by atoms with Gasteiger partial charge in [-0.25, -0.2) is 0 Å². The van der Waals surface area contributed by atoms with Gasteiger partial charge in [-0.3, -0.25) is 0 Å². The van der Waals surface area contributed by atoms with Gasteiger partial charge in [0.05, 0.1) is 0 Å². The third kappa shape index (κ3) is 3.44. The Bertz CT molecular complexity index is 1300. The van der Waals surface area contributed by atoms with Gasteiger partial charge >= 0.3 is 178 Å². The molecule has 0 atom stereocenters. The van der Waals surface area contributed by atoms with E-state index in [1.54, 1.807) is 0 Å². The van der Waals surface area contributed by atoms with E-state index in [-0.39, 0.29) is 5.41 Å². The molecule has 0 aliphatic carbocycles. The van der Waals surface area contributed by atoms with Crippen molar-refractivity contribution in [1.82, 2.24) is 4.98 Å². The number of rotatable bonds is 2. The molecule has 0 aliphatic rings. The van der Waals surface area contributed by atoms with Crippen molar-refractivity contribution in [3.8, 4) is 21.3 Å². The second-order valence-corrected chi connectivity index (χ2v) is 10.8. The summed E-state index contributed by atoms with van der Waals surface area (Å²) >= 11 is 0.356. The van der Waals surface area contributed by atoms with Gasteiger partial charge in [-0.05, 0) is 0 Å². The molecule has 0 amide bonds. The average molecular weight is 440 g/mol. The number of pyridine rings is 1. The summed E-state index contributed by atoms with van der Waals surface area (Å²) in [4.78, 5) is 4.74. The molecule has 0 aliphatic heterocycles. The first-order chi connectivity index (χ1) is 14.0. The summed E-state index contributed by atoms with van der Waals surface area (Å²) < 4.78 is 2.90. The Morgan fingerprint density at radius 2 is 1.48 bits per heavy atom. The number of aromatic nitrogens is 1. The number of nitrogens with zero attached hydrogens (tertiary/aromatic N) is 1. The van der Waals surface area contributed by atoms with Gasteiger partial charge in [-0.1, -0.05) is 0 Å². The van der Waals surface area contributed by atoms with Crippen LogP contribution in [-0.2, 0) is 5.41 Å². The zero-order valence-electron chi connectivity index (χ0n) is 16.9. The van der Waals surface area contributed by atoms with E-state index >= 15 is 0 Å². The van der Waals surface area contributed by atoms with Gasteiger partial charge in [0.25, 0.3) is 0 Å². The maximum absolute atomic E-state index is 4.74. The fourth-order valence-electron chi connectivity index (χ4n) is 3.94. The van der Waals surface area contributed by atoms with Crippen LogP contribution in [0.2, 0.25) is 0 Å². The molecule has 142 valence electrons. The quantitative estimate of drug-likeness (QED) is 0.267. The Morgan fingerprint density at radius 1 is 0.724 bits per heavy atom. The number of benzene rings is 3. The summed E-state index contributed by atoms with van der Waals surface area (Å²) in [7, 11) is 0. The van der Waals surface area contributed by atoms with Crippen LogP contribution in [0.25, 0.3) is 41.7 Å². The van der Waals surface area contributed by atoms with E-state index in [0.29, 0.717) is 14.5 Å². The van der Waals surface area contributed by atoms with E-state index in [0.717, 1.165) is 5.69 Å². The first-order valence-electron chi connectivity index (χ1n) is 9.98. The van der Waals surface area contributed by atoms with Gasteiger partial charge in [0.2, 0.25) is 0 Å². The van der Waals surface area contributed by atoms with Crippen LogP contribution >= 0.6 is 0 Å². The summed E-state index contributed by atoms with van der Waals surface area (Å²) in [6.45, 7) is 6.85. The number of hydrogen-bond acceptors (Lipinski definition) is 1. The van der Waals surface area contributed by atoms with Crippen LogP contribution in [0, 0.1) is 0 Å². The Labute approximate surface area is 177 Å². The van der Waals surface area contributed by atoms with Crippen LogP contribution in [0.4, 0.5) is 0 Å². The van der Waals surface area contributed by atoms with Crippen molar-refractivity contribution in [2.75, 3.05) is 0 Å². The fraction of sp³-hybridized carbons (Fsp3) is 0.148. The van der Waals surface area contributed by atoms with Crippen LogP contribution in [0.3, 0.4) is 0 Å². The molecule has 3 aromatic carbocycles. The molecule has 2 heterocycles.